The van der Waals surface area contributed by atoms with Gasteiger partial charge < -0.3 is 15.3 Å². The van der Waals surface area contributed by atoms with Gasteiger partial charge in [0, 0.05) is 29.4 Å². The van der Waals surface area contributed by atoms with Crippen molar-refractivity contribution in [2.24, 2.45) is 0 Å². The first-order valence-corrected chi connectivity index (χ1v) is 11.6. The van der Waals surface area contributed by atoms with E-state index in [1.54, 1.807) is 28.8 Å². The molecule has 0 amide bonds. The third kappa shape index (κ3) is 3.11. The maximum absolute atomic E-state index is 14.0. The number of aromatic hydroxyl groups is 1. The third-order valence-corrected chi connectivity index (χ3v) is 7.30. The molecule has 1 saturated heterocycles. The first kappa shape index (κ1) is 22.2. The highest BCUT2D eigenvalue weighted by Gasteiger charge is 2.48. The lowest BCUT2D eigenvalue weighted by Crippen LogP contribution is -2.43. The van der Waals surface area contributed by atoms with Gasteiger partial charge in [0.1, 0.15) is 29.1 Å². The smallest absolute Gasteiger partial charge is 0.336 e. The molecule has 2 aliphatic rings. The van der Waals surface area contributed by atoms with E-state index in [-0.39, 0.29) is 40.9 Å². The second-order valence-electron chi connectivity index (χ2n) is 8.76. The summed E-state index contributed by atoms with van der Waals surface area (Å²) in [4.78, 5) is 19.5. The van der Waals surface area contributed by atoms with Gasteiger partial charge in [-0.3, -0.25) is 4.57 Å². The summed E-state index contributed by atoms with van der Waals surface area (Å²) < 4.78 is 30.8. The number of aromatic nitrogens is 3. The first-order chi connectivity index (χ1) is 17.4. The Morgan fingerprint density at radius 3 is 2.64 bits per heavy atom. The number of likely N-dealkylation sites (tertiary alicyclic amines) is 1. The zero-order valence-electron chi connectivity index (χ0n) is 18.7. The first-order valence-electron chi connectivity index (χ1n) is 11.2. The number of nitrogens with one attached hydrogen (secondary N) is 1. The maximum atomic E-state index is 14.0. The maximum Gasteiger partial charge on any atom is 0.336 e. The minimum absolute atomic E-state index is 0.115. The quantitative estimate of drug-likeness (QED) is 0.413. The van der Waals surface area contributed by atoms with Crippen molar-refractivity contribution in [1.82, 2.24) is 24.3 Å². The molecule has 2 aliphatic heterocycles. The standard InChI is InChI=1S/C25H18F2N6O2S/c26-17-6-3-7-18(27)16(17)10-30-24(36)31-12-13-8-20(31)22-23(34)33(25(35)32(13)22)21-11-29-19(9-28)14-4-1-2-5-15(14)21/h1-7,11,13,20,34H,8,10,12H2,(H,30,36). The fourth-order valence-electron chi connectivity index (χ4n) is 5.30. The van der Waals surface area contributed by atoms with Crippen molar-refractivity contribution >= 4 is 28.1 Å². The third-order valence-electron chi connectivity index (χ3n) is 6.92. The van der Waals surface area contributed by atoms with Crippen molar-refractivity contribution in [3.8, 4) is 17.6 Å². The van der Waals surface area contributed by atoms with Crippen LogP contribution in [0.3, 0.4) is 0 Å². The summed E-state index contributed by atoms with van der Waals surface area (Å²) in [6, 6.07) is 12.2. The lowest BCUT2D eigenvalue weighted by atomic mass is 10.1. The molecule has 2 atom stereocenters. The summed E-state index contributed by atoms with van der Waals surface area (Å²) in [5.74, 6) is -1.56. The van der Waals surface area contributed by atoms with Crippen LogP contribution in [0.5, 0.6) is 5.88 Å². The lowest BCUT2D eigenvalue weighted by molar-refractivity contribution is 0.333. The van der Waals surface area contributed by atoms with Gasteiger partial charge in [-0.1, -0.05) is 30.3 Å². The van der Waals surface area contributed by atoms with E-state index >= 15 is 0 Å². The van der Waals surface area contributed by atoms with Gasteiger partial charge in [0.2, 0.25) is 5.88 Å². The Morgan fingerprint density at radius 2 is 1.92 bits per heavy atom. The molecule has 2 bridgehead atoms. The molecule has 2 N–H and O–H groups in total. The Hall–Kier alpha value is -4.30. The fourth-order valence-corrected chi connectivity index (χ4v) is 5.57. The molecule has 0 radical (unpaired) electrons. The van der Waals surface area contributed by atoms with Crippen molar-refractivity contribution in [3.05, 3.63) is 87.7 Å². The highest BCUT2D eigenvalue weighted by atomic mass is 32.1. The number of benzene rings is 2. The van der Waals surface area contributed by atoms with Crippen LogP contribution in [0.2, 0.25) is 0 Å². The molecule has 180 valence electrons. The van der Waals surface area contributed by atoms with Crippen molar-refractivity contribution in [1.29, 1.82) is 5.26 Å². The van der Waals surface area contributed by atoms with Gasteiger partial charge in [-0.15, -0.1) is 0 Å². The average molecular weight is 505 g/mol. The summed E-state index contributed by atoms with van der Waals surface area (Å²) in [5, 5.41) is 25.0. The van der Waals surface area contributed by atoms with E-state index in [4.69, 9.17) is 12.2 Å². The Bertz CT molecular complexity index is 1650. The predicted octanol–water partition coefficient (Wildman–Crippen LogP) is 3.42. The van der Waals surface area contributed by atoms with Gasteiger partial charge >= 0.3 is 5.69 Å². The van der Waals surface area contributed by atoms with Crippen LogP contribution in [0.25, 0.3) is 16.5 Å². The molecule has 2 aromatic carbocycles. The van der Waals surface area contributed by atoms with E-state index in [9.17, 15) is 23.9 Å². The number of thiocarbonyl (C=S) groups is 1. The summed E-state index contributed by atoms with van der Waals surface area (Å²) in [5.41, 5.74) is 0.498. The van der Waals surface area contributed by atoms with Crippen molar-refractivity contribution in [3.63, 3.8) is 0 Å². The Balaban J connectivity index is 1.35. The van der Waals surface area contributed by atoms with Gasteiger partial charge in [0.15, 0.2) is 5.11 Å². The summed E-state index contributed by atoms with van der Waals surface area (Å²) in [6.45, 7) is 0.285. The molecule has 11 heteroatoms. The number of halogens is 2. The molecule has 2 unspecified atom stereocenters. The van der Waals surface area contributed by atoms with E-state index in [0.29, 0.717) is 35.1 Å². The molecule has 0 aliphatic carbocycles. The van der Waals surface area contributed by atoms with Gasteiger partial charge in [-0.05, 0) is 30.8 Å². The van der Waals surface area contributed by atoms with E-state index in [1.807, 2.05) is 11.0 Å². The van der Waals surface area contributed by atoms with Gasteiger partial charge in [0.25, 0.3) is 0 Å². The summed E-state index contributed by atoms with van der Waals surface area (Å²) >= 11 is 5.51. The van der Waals surface area contributed by atoms with E-state index < -0.39 is 17.3 Å². The molecule has 4 aromatic rings. The Kier molecular flexibility index (Phi) is 5.01. The predicted molar refractivity (Wildman–Crippen MR) is 131 cm³/mol. The summed E-state index contributed by atoms with van der Waals surface area (Å²) in [7, 11) is 0. The molecule has 4 heterocycles. The van der Waals surface area contributed by atoms with Crippen LogP contribution in [-0.4, -0.2) is 35.8 Å². The van der Waals surface area contributed by atoms with Crippen LogP contribution in [0.1, 0.15) is 35.5 Å². The van der Waals surface area contributed by atoms with Crippen molar-refractivity contribution < 1.29 is 13.9 Å². The van der Waals surface area contributed by atoms with Gasteiger partial charge in [-0.25, -0.2) is 23.1 Å². The molecule has 2 aromatic heterocycles. The zero-order chi connectivity index (χ0) is 25.1. The second-order valence-corrected chi connectivity index (χ2v) is 9.15. The Morgan fingerprint density at radius 1 is 1.19 bits per heavy atom. The normalized spacial score (nSPS) is 17.9. The molecule has 36 heavy (non-hydrogen) atoms. The number of hydrogen-bond donors (Lipinski definition) is 2. The molecule has 1 fully saturated rings. The number of nitrogens with zero attached hydrogens (tertiary/aromatic N) is 5. The number of pyridine rings is 1. The molecule has 0 spiro atoms. The number of nitriles is 1. The number of fused-ring (bicyclic) bond motifs is 6. The van der Waals surface area contributed by atoms with Crippen LogP contribution in [-0.2, 0) is 6.54 Å². The van der Waals surface area contributed by atoms with Crippen molar-refractivity contribution in [2.45, 2.75) is 25.0 Å². The molecule has 8 nitrogen and oxygen atoms in total. The minimum Gasteiger partial charge on any atom is -0.493 e. The number of imidazole rings is 1. The SMILES string of the molecule is N#Cc1ncc(-n2c(O)c3n(c2=O)C2CC3N(C(=S)NCc3c(F)cccc3F)C2)c2ccccc12. The molecular formula is C25H18F2N6O2S. The minimum atomic E-state index is -0.667. The average Bonchev–Trinajstić information content (AvgIpc) is 3.54. The van der Waals surface area contributed by atoms with Gasteiger partial charge in [-0.2, -0.15) is 5.26 Å². The van der Waals surface area contributed by atoms with Crippen LogP contribution in [0, 0.1) is 23.0 Å². The van der Waals surface area contributed by atoms with Crippen LogP contribution < -0.4 is 11.0 Å². The van der Waals surface area contributed by atoms with E-state index in [0.717, 1.165) is 0 Å². The number of hydrogen-bond acceptors (Lipinski definition) is 5. The lowest BCUT2D eigenvalue weighted by Gasteiger charge is -2.30. The highest BCUT2D eigenvalue weighted by Crippen LogP contribution is 2.48. The van der Waals surface area contributed by atoms with Crippen LogP contribution in [0.15, 0.2) is 53.5 Å². The zero-order valence-corrected chi connectivity index (χ0v) is 19.5. The van der Waals surface area contributed by atoms with Crippen LogP contribution in [0.4, 0.5) is 8.78 Å². The topological polar surface area (TPSA) is 99.1 Å². The summed E-state index contributed by atoms with van der Waals surface area (Å²) in [6.07, 6.45) is 1.98. The van der Waals surface area contributed by atoms with E-state index in [2.05, 4.69) is 10.3 Å². The van der Waals surface area contributed by atoms with Gasteiger partial charge in [0.05, 0.1) is 24.0 Å². The monoisotopic (exact) mass is 504 g/mol. The van der Waals surface area contributed by atoms with Crippen molar-refractivity contribution in [2.75, 3.05) is 6.54 Å². The largest absolute Gasteiger partial charge is 0.493 e. The highest BCUT2D eigenvalue weighted by molar-refractivity contribution is 7.80. The second kappa shape index (κ2) is 8.13. The fraction of sp³-hybridized carbons (Fsp3) is 0.200. The molecule has 6 rings (SSSR count). The van der Waals surface area contributed by atoms with Crippen LogP contribution >= 0.6 is 12.2 Å². The molecular weight excluding hydrogens is 486 g/mol. The molecule has 0 saturated carbocycles. The van der Waals surface area contributed by atoms with E-state index in [1.165, 1.54) is 29.0 Å². The Labute approximate surface area is 208 Å². The number of rotatable bonds is 3.